The van der Waals surface area contributed by atoms with E-state index in [1.54, 1.807) is 0 Å². The lowest BCUT2D eigenvalue weighted by Gasteiger charge is -2.21. The number of unbranched alkanes of at least 4 members (excludes halogenated alkanes) is 1. The maximum absolute atomic E-state index is 5.87. The van der Waals surface area contributed by atoms with E-state index in [2.05, 4.69) is 13.5 Å². The first-order valence-corrected chi connectivity index (χ1v) is 6.70. The average molecular weight is 248 g/mol. The highest BCUT2D eigenvalue weighted by atomic mass is 16.7. The minimum Gasteiger partial charge on any atom is -0.465 e. The molecule has 0 spiro atoms. The Kier molecular flexibility index (Phi) is 6.51. The molecule has 2 heteroatoms. The highest BCUT2D eigenvalue weighted by Crippen LogP contribution is 2.18. The minimum absolute atomic E-state index is 0.153. The van der Waals surface area contributed by atoms with Gasteiger partial charge in [0.25, 0.3) is 0 Å². The Morgan fingerprint density at radius 2 is 1.89 bits per heavy atom. The second-order valence-electron chi connectivity index (χ2n) is 4.65. The maximum Gasteiger partial charge on any atom is 0.200 e. The Hall–Kier alpha value is -1.28. The molecule has 1 aromatic carbocycles. The molecule has 0 aliphatic rings. The Morgan fingerprint density at radius 1 is 1.22 bits per heavy atom. The molecule has 0 saturated carbocycles. The number of hydrogen-bond acceptors (Lipinski definition) is 2. The van der Waals surface area contributed by atoms with Crippen LogP contribution >= 0.6 is 0 Å². The topological polar surface area (TPSA) is 18.5 Å². The van der Waals surface area contributed by atoms with Crippen molar-refractivity contribution in [2.45, 2.75) is 52.4 Å². The quantitative estimate of drug-likeness (QED) is 0.623. The van der Waals surface area contributed by atoms with Gasteiger partial charge in [0, 0.05) is 6.42 Å². The van der Waals surface area contributed by atoms with Crippen LogP contribution in [0.15, 0.2) is 30.8 Å². The molecule has 1 rings (SSSR count). The number of hydrogen-bond donors (Lipinski definition) is 0. The standard InChI is InChI=1S/C16H24O2/c1-5-7-8-16(17-13(3)4)18-15-11-9-14(6-2)10-12-15/h6,9-13,16H,2,5,7-8H2,1,3-4H3. The van der Waals surface area contributed by atoms with Gasteiger partial charge in [-0.15, -0.1) is 0 Å². The zero-order valence-corrected chi connectivity index (χ0v) is 11.7. The Balaban J connectivity index is 2.59. The third kappa shape index (κ3) is 5.37. The molecule has 2 nitrogen and oxygen atoms in total. The molecule has 0 bridgehead atoms. The fourth-order valence-electron chi connectivity index (χ4n) is 1.66. The molecule has 18 heavy (non-hydrogen) atoms. The van der Waals surface area contributed by atoms with Crippen molar-refractivity contribution in [2.24, 2.45) is 0 Å². The van der Waals surface area contributed by atoms with Gasteiger partial charge in [-0.2, -0.15) is 0 Å². The van der Waals surface area contributed by atoms with Crippen molar-refractivity contribution in [2.75, 3.05) is 0 Å². The summed E-state index contributed by atoms with van der Waals surface area (Å²) in [5.74, 6) is 0.849. The van der Waals surface area contributed by atoms with Crippen LogP contribution in [0.2, 0.25) is 0 Å². The Labute approximate surface area is 111 Å². The number of rotatable bonds is 8. The highest BCUT2D eigenvalue weighted by Gasteiger charge is 2.12. The summed E-state index contributed by atoms with van der Waals surface area (Å²) in [6.07, 6.45) is 5.04. The van der Waals surface area contributed by atoms with Crippen LogP contribution in [0.3, 0.4) is 0 Å². The zero-order chi connectivity index (χ0) is 13.4. The Bertz CT molecular complexity index is 341. The van der Waals surface area contributed by atoms with Crippen LogP contribution < -0.4 is 4.74 Å². The van der Waals surface area contributed by atoms with E-state index in [0.29, 0.717) is 0 Å². The lowest BCUT2D eigenvalue weighted by atomic mass is 10.2. The third-order valence-corrected chi connectivity index (χ3v) is 2.60. The molecule has 1 aromatic rings. The number of ether oxygens (including phenoxy) is 2. The van der Waals surface area contributed by atoms with Gasteiger partial charge in [-0.05, 0) is 38.0 Å². The van der Waals surface area contributed by atoms with Gasteiger partial charge < -0.3 is 9.47 Å². The van der Waals surface area contributed by atoms with Gasteiger partial charge in [0.15, 0.2) is 6.29 Å². The van der Waals surface area contributed by atoms with Crippen LogP contribution in [-0.2, 0) is 4.74 Å². The molecule has 0 radical (unpaired) electrons. The first-order valence-electron chi connectivity index (χ1n) is 6.70. The summed E-state index contributed by atoms with van der Waals surface area (Å²) in [5.41, 5.74) is 1.09. The molecular weight excluding hydrogens is 224 g/mol. The predicted octanol–water partition coefficient (Wildman–Crippen LogP) is 4.65. The van der Waals surface area contributed by atoms with Gasteiger partial charge in [-0.3, -0.25) is 0 Å². The van der Waals surface area contributed by atoms with Gasteiger partial charge >= 0.3 is 0 Å². The van der Waals surface area contributed by atoms with Gasteiger partial charge in [-0.1, -0.05) is 38.1 Å². The van der Waals surface area contributed by atoms with Gasteiger partial charge in [-0.25, -0.2) is 0 Å². The van der Waals surface area contributed by atoms with Crippen molar-refractivity contribution in [1.29, 1.82) is 0 Å². The molecule has 100 valence electrons. The smallest absolute Gasteiger partial charge is 0.200 e. The maximum atomic E-state index is 5.87. The average Bonchev–Trinajstić information content (AvgIpc) is 2.36. The fraction of sp³-hybridized carbons (Fsp3) is 0.500. The summed E-state index contributed by atoms with van der Waals surface area (Å²) >= 11 is 0. The van der Waals surface area contributed by atoms with E-state index in [1.165, 1.54) is 0 Å². The molecule has 0 aliphatic heterocycles. The molecule has 0 saturated heterocycles. The van der Waals surface area contributed by atoms with Gasteiger partial charge in [0.05, 0.1) is 6.10 Å². The summed E-state index contributed by atoms with van der Waals surface area (Å²) in [6.45, 7) is 9.97. The summed E-state index contributed by atoms with van der Waals surface area (Å²) in [6, 6.07) is 7.91. The molecule has 1 atom stereocenters. The first kappa shape index (κ1) is 14.8. The lowest BCUT2D eigenvalue weighted by molar-refractivity contribution is -0.112. The van der Waals surface area contributed by atoms with E-state index in [9.17, 15) is 0 Å². The van der Waals surface area contributed by atoms with Gasteiger partial charge in [0.1, 0.15) is 5.75 Å². The summed E-state index contributed by atoms with van der Waals surface area (Å²) < 4.78 is 11.6. The van der Waals surface area contributed by atoms with E-state index in [0.717, 1.165) is 30.6 Å². The van der Waals surface area contributed by atoms with Crippen molar-refractivity contribution in [3.8, 4) is 5.75 Å². The molecular formula is C16H24O2. The van der Waals surface area contributed by atoms with Crippen LogP contribution in [0.4, 0.5) is 0 Å². The fourth-order valence-corrected chi connectivity index (χ4v) is 1.66. The largest absolute Gasteiger partial charge is 0.465 e. The predicted molar refractivity (Wildman–Crippen MR) is 76.7 cm³/mol. The van der Waals surface area contributed by atoms with Crippen LogP contribution in [0.25, 0.3) is 6.08 Å². The van der Waals surface area contributed by atoms with Crippen molar-refractivity contribution < 1.29 is 9.47 Å². The van der Waals surface area contributed by atoms with Gasteiger partial charge in [0.2, 0.25) is 0 Å². The molecule has 0 heterocycles. The first-order chi connectivity index (χ1) is 8.65. The van der Waals surface area contributed by atoms with E-state index >= 15 is 0 Å². The SMILES string of the molecule is C=Cc1ccc(OC(CCCC)OC(C)C)cc1. The normalized spacial score (nSPS) is 12.4. The van der Waals surface area contributed by atoms with E-state index < -0.39 is 0 Å². The van der Waals surface area contributed by atoms with Crippen molar-refractivity contribution in [3.63, 3.8) is 0 Å². The number of benzene rings is 1. The second kappa shape index (κ2) is 7.93. The monoisotopic (exact) mass is 248 g/mol. The summed E-state index contributed by atoms with van der Waals surface area (Å²) in [7, 11) is 0. The lowest BCUT2D eigenvalue weighted by Crippen LogP contribution is -2.24. The molecule has 0 fully saturated rings. The van der Waals surface area contributed by atoms with Crippen LogP contribution in [-0.4, -0.2) is 12.4 Å². The van der Waals surface area contributed by atoms with E-state index in [-0.39, 0.29) is 12.4 Å². The molecule has 1 unspecified atom stereocenters. The third-order valence-electron chi connectivity index (χ3n) is 2.60. The Morgan fingerprint density at radius 3 is 2.39 bits per heavy atom. The summed E-state index contributed by atoms with van der Waals surface area (Å²) in [4.78, 5) is 0. The molecule has 0 amide bonds. The van der Waals surface area contributed by atoms with Crippen LogP contribution in [0.1, 0.15) is 45.6 Å². The summed E-state index contributed by atoms with van der Waals surface area (Å²) in [5, 5.41) is 0. The molecule has 0 aliphatic carbocycles. The van der Waals surface area contributed by atoms with E-state index in [4.69, 9.17) is 9.47 Å². The van der Waals surface area contributed by atoms with Crippen molar-refractivity contribution in [1.82, 2.24) is 0 Å². The van der Waals surface area contributed by atoms with Crippen molar-refractivity contribution >= 4 is 6.08 Å². The molecule has 0 N–H and O–H groups in total. The minimum atomic E-state index is -0.153. The van der Waals surface area contributed by atoms with E-state index in [1.807, 2.05) is 44.2 Å². The van der Waals surface area contributed by atoms with Crippen LogP contribution in [0.5, 0.6) is 5.75 Å². The van der Waals surface area contributed by atoms with Crippen molar-refractivity contribution in [3.05, 3.63) is 36.4 Å². The second-order valence-corrected chi connectivity index (χ2v) is 4.65. The molecule has 0 aromatic heterocycles. The van der Waals surface area contributed by atoms with Crippen LogP contribution in [0, 0.1) is 0 Å². The highest BCUT2D eigenvalue weighted by molar-refractivity contribution is 5.48. The zero-order valence-electron chi connectivity index (χ0n) is 11.7.